The van der Waals surface area contributed by atoms with Gasteiger partial charge in [0.1, 0.15) is 11.3 Å². The molecule has 31 heavy (non-hydrogen) atoms. The van der Waals surface area contributed by atoms with Gasteiger partial charge in [-0.3, -0.25) is 14.7 Å². The SMILES string of the molecule is Cc1cc(Cl)ccc1OCC(=O)N1CC2=CN(C(=O)c3ccc4[nH]nnc4c3)C[C@@H]2C1. The van der Waals surface area contributed by atoms with E-state index in [1.807, 2.05) is 13.1 Å². The Kier molecular flexibility index (Phi) is 4.86. The van der Waals surface area contributed by atoms with Crippen molar-refractivity contribution < 1.29 is 14.3 Å². The smallest absolute Gasteiger partial charge is 0.260 e. The molecular weight excluding hydrogens is 418 g/mol. The van der Waals surface area contributed by atoms with Crippen LogP contribution in [0.15, 0.2) is 48.2 Å². The molecule has 0 radical (unpaired) electrons. The predicted octanol–water partition coefficient (Wildman–Crippen LogP) is 2.80. The van der Waals surface area contributed by atoms with Crippen LogP contribution in [0.2, 0.25) is 5.02 Å². The van der Waals surface area contributed by atoms with Crippen LogP contribution in [-0.2, 0) is 4.79 Å². The van der Waals surface area contributed by atoms with Gasteiger partial charge in [0.2, 0.25) is 0 Å². The zero-order valence-electron chi connectivity index (χ0n) is 16.8. The molecule has 2 amide bonds. The lowest BCUT2D eigenvalue weighted by Gasteiger charge is -2.20. The van der Waals surface area contributed by atoms with Gasteiger partial charge < -0.3 is 14.5 Å². The highest BCUT2D eigenvalue weighted by Crippen LogP contribution is 2.31. The first-order valence-electron chi connectivity index (χ1n) is 9.97. The number of hydrogen-bond acceptors (Lipinski definition) is 5. The number of carbonyl (C=O) groups is 2. The topological polar surface area (TPSA) is 91.4 Å². The van der Waals surface area contributed by atoms with Gasteiger partial charge in [-0.15, -0.1) is 5.10 Å². The van der Waals surface area contributed by atoms with E-state index in [2.05, 4.69) is 15.4 Å². The summed E-state index contributed by atoms with van der Waals surface area (Å²) in [6.45, 7) is 3.52. The molecule has 0 unspecified atom stereocenters. The number of likely N-dealkylation sites (tertiary alicyclic amines) is 1. The minimum absolute atomic E-state index is 0.0250. The lowest BCUT2D eigenvalue weighted by Crippen LogP contribution is -2.35. The Morgan fingerprint density at radius 2 is 2.10 bits per heavy atom. The van der Waals surface area contributed by atoms with Crippen molar-refractivity contribution in [3.8, 4) is 5.75 Å². The van der Waals surface area contributed by atoms with Crippen LogP contribution in [0, 0.1) is 12.8 Å². The summed E-state index contributed by atoms with van der Waals surface area (Å²) in [6, 6.07) is 10.6. The second-order valence-electron chi connectivity index (χ2n) is 7.87. The first-order chi connectivity index (χ1) is 15.0. The molecular formula is C22H20ClN5O3. The van der Waals surface area contributed by atoms with E-state index in [-0.39, 0.29) is 24.3 Å². The third kappa shape index (κ3) is 3.74. The second kappa shape index (κ2) is 7.70. The molecule has 0 saturated carbocycles. The number of ether oxygens (including phenoxy) is 1. The van der Waals surface area contributed by atoms with Crippen molar-refractivity contribution in [1.82, 2.24) is 25.2 Å². The summed E-state index contributed by atoms with van der Waals surface area (Å²) in [4.78, 5) is 29.0. The first-order valence-corrected chi connectivity index (χ1v) is 10.3. The van der Waals surface area contributed by atoms with Gasteiger partial charge in [0, 0.05) is 42.3 Å². The van der Waals surface area contributed by atoms with E-state index in [1.54, 1.807) is 46.2 Å². The van der Waals surface area contributed by atoms with Crippen molar-refractivity contribution in [2.75, 3.05) is 26.2 Å². The number of halogens is 1. The largest absolute Gasteiger partial charge is 0.483 e. The average Bonchev–Trinajstić information content (AvgIpc) is 3.46. The minimum Gasteiger partial charge on any atom is -0.483 e. The summed E-state index contributed by atoms with van der Waals surface area (Å²) < 4.78 is 5.69. The van der Waals surface area contributed by atoms with Gasteiger partial charge in [0.25, 0.3) is 11.8 Å². The molecule has 1 atom stereocenters. The van der Waals surface area contributed by atoms with Crippen molar-refractivity contribution in [3.63, 3.8) is 0 Å². The summed E-state index contributed by atoms with van der Waals surface area (Å²) in [7, 11) is 0. The van der Waals surface area contributed by atoms with E-state index in [0.29, 0.717) is 41.5 Å². The fraction of sp³-hybridized carbons (Fsp3) is 0.273. The number of aromatic nitrogens is 3. The van der Waals surface area contributed by atoms with Crippen LogP contribution < -0.4 is 4.74 Å². The zero-order chi connectivity index (χ0) is 21.5. The molecule has 1 aromatic heterocycles. The molecule has 3 heterocycles. The van der Waals surface area contributed by atoms with Gasteiger partial charge in [-0.2, -0.15) is 0 Å². The molecule has 1 fully saturated rings. The standard InChI is InChI=1S/C22H20ClN5O3/c1-13-6-17(23)3-5-20(13)31-12-21(29)27-8-15-10-28(11-16(15)9-27)22(30)14-2-4-18-19(7-14)25-26-24-18/h2-7,10,16H,8-9,11-12H2,1H3,(H,24,25,26)/t16-/m0/s1. The van der Waals surface area contributed by atoms with Crippen LogP contribution in [0.3, 0.4) is 0 Å². The summed E-state index contributed by atoms with van der Waals surface area (Å²) in [5, 5.41) is 11.1. The van der Waals surface area contributed by atoms with Crippen molar-refractivity contribution in [1.29, 1.82) is 0 Å². The molecule has 158 valence electrons. The Balaban J connectivity index is 1.21. The lowest BCUT2D eigenvalue weighted by molar-refractivity contribution is -0.132. The molecule has 3 aromatic rings. The van der Waals surface area contributed by atoms with Crippen molar-refractivity contribution in [2.45, 2.75) is 6.92 Å². The van der Waals surface area contributed by atoms with Crippen molar-refractivity contribution in [2.24, 2.45) is 5.92 Å². The molecule has 2 aromatic carbocycles. The summed E-state index contributed by atoms with van der Waals surface area (Å²) in [5.74, 6) is 0.656. The number of nitrogens with zero attached hydrogens (tertiary/aromatic N) is 4. The van der Waals surface area contributed by atoms with Crippen LogP contribution in [0.25, 0.3) is 11.0 Å². The number of hydrogen-bond donors (Lipinski definition) is 1. The fourth-order valence-electron chi connectivity index (χ4n) is 4.09. The van der Waals surface area contributed by atoms with Crippen LogP contribution in [0.1, 0.15) is 15.9 Å². The maximum Gasteiger partial charge on any atom is 0.260 e. The zero-order valence-corrected chi connectivity index (χ0v) is 17.6. The van der Waals surface area contributed by atoms with Gasteiger partial charge >= 0.3 is 0 Å². The van der Waals surface area contributed by atoms with Gasteiger partial charge in [0.05, 0.1) is 5.52 Å². The molecule has 0 aliphatic carbocycles. The summed E-state index contributed by atoms with van der Waals surface area (Å²) in [6.07, 6.45) is 1.87. The number of carbonyl (C=O) groups excluding carboxylic acids is 2. The van der Waals surface area contributed by atoms with Crippen LogP contribution >= 0.6 is 11.6 Å². The number of rotatable bonds is 4. The van der Waals surface area contributed by atoms with E-state index in [4.69, 9.17) is 16.3 Å². The number of fused-ring (bicyclic) bond motifs is 2. The molecule has 1 N–H and O–H groups in total. The summed E-state index contributed by atoms with van der Waals surface area (Å²) in [5.41, 5.74) is 3.99. The van der Waals surface area contributed by atoms with E-state index < -0.39 is 0 Å². The molecule has 8 nitrogen and oxygen atoms in total. The third-order valence-electron chi connectivity index (χ3n) is 5.75. The summed E-state index contributed by atoms with van der Waals surface area (Å²) >= 11 is 5.96. The average molecular weight is 438 g/mol. The van der Waals surface area contributed by atoms with Gasteiger partial charge in [-0.25, -0.2) is 0 Å². The van der Waals surface area contributed by atoms with Crippen molar-refractivity contribution in [3.05, 3.63) is 64.3 Å². The van der Waals surface area contributed by atoms with E-state index in [0.717, 1.165) is 16.7 Å². The second-order valence-corrected chi connectivity index (χ2v) is 8.31. The van der Waals surface area contributed by atoms with E-state index in [1.165, 1.54) is 0 Å². The highest BCUT2D eigenvalue weighted by molar-refractivity contribution is 6.30. The number of nitrogens with one attached hydrogen (secondary N) is 1. The first kappa shape index (κ1) is 19.6. The molecule has 2 aliphatic rings. The Labute approximate surface area is 183 Å². The van der Waals surface area contributed by atoms with Gasteiger partial charge in [-0.05, 0) is 54.5 Å². The van der Waals surface area contributed by atoms with Gasteiger partial charge in [0.15, 0.2) is 6.61 Å². The molecule has 2 aliphatic heterocycles. The number of aryl methyl sites for hydroxylation is 1. The quantitative estimate of drug-likeness (QED) is 0.677. The van der Waals surface area contributed by atoms with Crippen LogP contribution in [0.5, 0.6) is 5.75 Å². The monoisotopic (exact) mass is 437 g/mol. The van der Waals surface area contributed by atoms with Crippen LogP contribution in [0.4, 0.5) is 0 Å². The molecule has 0 spiro atoms. The normalized spacial score (nSPS) is 17.7. The predicted molar refractivity (Wildman–Crippen MR) is 115 cm³/mol. The lowest BCUT2D eigenvalue weighted by atomic mass is 10.1. The Morgan fingerprint density at radius 1 is 1.23 bits per heavy atom. The van der Waals surface area contributed by atoms with Crippen molar-refractivity contribution >= 4 is 34.4 Å². The number of benzene rings is 2. The Hall–Kier alpha value is -3.39. The highest BCUT2D eigenvalue weighted by Gasteiger charge is 2.37. The number of H-pyrrole nitrogens is 1. The molecule has 9 heteroatoms. The number of aromatic amines is 1. The number of amides is 2. The fourth-order valence-corrected chi connectivity index (χ4v) is 4.31. The maximum absolute atomic E-state index is 12.9. The third-order valence-corrected chi connectivity index (χ3v) is 5.99. The maximum atomic E-state index is 12.9. The van der Waals surface area contributed by atoms with Gasteiger partial charge in [-0.1, -0.05) is 16.8 Å². The minimum atomic E-state index is -0.0776. The molecule has 5 rings (SSSR count). The Morgan fingerprint density at radius 3 is 2.90 bits per heavy atom. The highest BCUT2D eigenvalue weighted by atomic mass is 35.5. The van der Waals surface area contributed by atoms with E-state index >= 15 is 0 Å². The Bertz CT molecular complexity index is 1220. The molecule has 1 saturated heterocycles. The van der Waals surface area contributed by atoms with E-state index in [9.17, 15) is 9.59 Å². The molecule has 0 bridgehead atoms. The van der Waals surface area contributed by atoms with Crippen LogP contribution in [-0.4, -0.2) is 63.3 Å².